The Morgan fingerprint density at radius 1 is 0.710 bits per heavy atom. The number of rotatable bonds is 1. The molecule has 1 aliphatic heterocycles. The monoisotopic (exact) mass is 404 g/mol. The fraction of sp³-hybridized carbons (Fsp3) is 0.148. The topological polar surface area (TPSA) is 36.2 Å². The molecule has 0 N–H and O–H groups in total. The van der Waals surface area contributed by atoms with Crippen LogP contribution in [0.25, 0.3) is 33.1 Å². The molecule has 1 aliphatic carbocycles. The number of para-hydroxylation sites is 2. The molecule has 4 heteroatoms. The number of hydrogen-bond acceptors (Lipinski definition) is 2. The highest BCUT2D eigenvalue weighted by molar-refractivity contribution is 6.08. The van der Waals surface area contributed by atoms with E-state index in [1.165, 1.54) is 0 Å². The molecule has 1 unspecified atom stereocenters. The van der Waals surface area contributed by atoms with E-state index in [0.29, 0.717) is 5.56 Å². The van der Waals surface area contributed by atoms with E-state index < -0.39 is 5.60 Å². The lowest BCUT2D eigenvalue weighted by atomic mass is 9.81. The summed E-state index contributed by atoms with van der Waals surface area (Å²) in [4.78, 5) is 13.2. The van der Waals surface area contributed by atoms with Crippen molar-refractivity contribution in [3.05, 3.63) is 94.7 Å². The molecule has 0 bridgehead atoms. The zero-order chi connectivity index (χ0) is 21.1. The van der Waals surface area contributed by atoms with Crippen molar-refractivity contribution in [1.82, 2.24) is 9.13 Å². The van der Waals surface area contributed by atoms with Gasteiger partial charge in [0.25, 0.3) is 0 Å². The van der Waals surface area contributed by atoms with Crippen LogP contribution < -0.4 is 0 Å². The summed E-state index contributed by atoms with van der Waals surface area (Å²) in [5, 5.41) is 2.25. The number of benzene rings is 3. The Balaban J connectivity index is 1.77. The van der Waals surface area contributed by atoms with Crippen molar-refractivity contribution in [2.45, 2.75) is 12.5 Å². The highest BCUT2D eigenvalue weighted by Gasteiger charge is 2.58. The lowest BCUT2D eigenvalue weighted by Crippen LogP contribution is -2.28. The molecule has 0 saturated carbocycles. The van der Waals surface area contributed by atoms with E-state index in [-0.39, 0.29) is 5.97 Å². The highest BCUT2D eigenvalue weighted by Crippen LogP contribution is 2.61. The summed E-state index contributed by atoms with van der Waals surface area (Å²) in [5.41, 5.74) is 8.49. The number of nitrogens with zero attached hydrogens (tertiary/aromatic N) is 2. The first-order chi connectivity index (χ1) is 15.1. The first-order valence-corrected chi connectivity index (χ1v) is 10.5. The van der Waals surface area contributed by atoms with E-state index in [9.17, 15) is 4.79 Å². The molecular formula is C27H20N2O2. The van der Waals surface area contributed by atoms with Gasteiger partial charge in [-0.05, 0) is 25.1 Å². The molecule has 2 aliphatic rings. The summed E-state index contributed by atoms with van der Waals surface area (Å²) in [6, 6.07) is 22.8. The van der Waals surface area contributed by atoms with Gasteiger partial charge in [0.05, 0.1) is 11.3 Å². The zero-order valence-corrected chi connectivity index (χ0v) is 17.6. The van der Waals surface area contributed by atoms with Crippen LogP contribution in [-0.4, -0.2) is 15.1 Å². The molecule has 0 radical (unpaired) electrons. The van der Waals surface area contributed by atoms with Gasteiger partial charge >= 0.3 is 5.97 Å². The molecule has 150 valence electrons. The number of aryl methyl sites for hydroxylation is 2. The Morgan fingerprint density at radius 3 is 2.06 bits per heavy atom. The molecule has 5 aromatic rings. The first-order valence-electron chi connectivity index (χ1n) is 10.5. The quantitative estimate of drug-likeness (QED) is 0.350. The van der Waals surface area contributed by atoms with Gasteiger partial charge in [-0.1, -0.05) is 48.5 Å². The number of carbonyl (C=O) groups excluding carboxylic acids is 1. The van der Waals surface area contributed by atoms with Crippen LogP contribution in [0.5, 0.6) is 0 Å². The summed E-state index contributed by atoms with van der Waals surface area (Å²) in [7, 11) is 4.19. The average molecular weight is 404 g/mol. The van der Waals surface area contributed by atoms with Crippen LogP contribution in [-0.2, 0) is 24.4 Å². The van der Waals surface area contributed by atoms with E-state index in [1.807, 2.05) is 12.1 Å². The second-order valence-electron chi connectivity index (χ2n) is 8.64. The van der Waals surface area contributed by atoms with Crippen LogP contribution in [0.4, 0.5) is 0 Å². The average Bonchev–Trinajstić information content (AvgIpc) is 3.44. The Hall–Kier alpha value is -3.79. The van der Waals surface area contributed by atoms with E-state index in [2.05, 4.69) is 84.8 Å². The van der Waals surface area contributed by atoms with Crippen molar-refractivity contribution in [2.24, 2.45) is 14.1 Å². The van der Waals surface area contributed by atoms with Crippen molar-refractivity contribution >= 4 is 27.8 Å². The third kappa shape index (κ3) is 1.69. The minimum Gasteiger partial charge on any atom is -0.440 e. The first kappa shape index (κ1) is 16.9. The standard InChI is InChI=1S/C27H20N2O2/c1-15-22(16-9-4-6-13-20(16)28(15)2)27-23-18(11-8-12-19(23)26(30)31-27)25-24(27)17-10-5-7-14-21(17)29(25)3/h4-14H,1-3H3. The lowest BCUT2D eigenvalue weighted by Gasteiger charge is -2.27. The predicted octanol–water partition coefficient (Wildman–Crippen LogP) is 5.42. The third-order valence-electron chi connectivity index (χ3n) is 7.35. The van der Waals surface area contributed by atoms with E-state index >= 15 is 0 Å². The smallest absolute Gasteiger partial charge is 0.340 e. The molecule has 0 amide bonds. The molecule has 0 fully saturated rings. The van der Waals surface area contributed by atoms with Gasteiger partial charge in [-0.15, -0.1) is 0 Å². The molecule has 7 rings (SSSR count). The van der Waals surface area contributed by atoms with Crippen LogP contribution in [0.15, 0.2) is 66.7 Å². The Morgan fingerprint density at radius 2 is 1.32 bits per heavy atom. The van der Waals surface area contributed by atoms with Gasteiger partial charge in [0, 0.05) is 63.8 Å². The summed E-state index contributed by atoms with van der Waals surface area (Å²) < 4.78 is 10.9. The van der Waals surface area contributed by atoms with Gasteiger partial charge in [-0.2, -0.15) is 0 Å². The van der Waals surface area contributed by atoms with Crippen LogP contribution in [0.1, 0.15) is 32.7 Å². The lowest BCUT2D eigenvalue weighted by molar-refractivity contribution is 0.0268. The minimum absolute atomic E-state index is 0.247. The summed E-state index contributed by atoms with van der Waals surface area (Å²) in [6.45, 7) is 2.13. The largest absolute Gasteiger partial charge is 0.440 e. The minimum atomic E-state index is -0.940. The SMILES string of the molecule is Cc1c(C23OC(=O)c4cccc(c42)-c2c3c3ccccc3n2C)c2ccccc2n1C. The fourth-order valence-electron chi connectivity index (χ4n) is 6.05. The molecule has 0 saturated heterocycles. The van der Waals surface area contributed by atoms with Crippen LogP contribution in [0.2, 0.25) is 0 Å². The van der Waals surface area contributed by atoms with Crippen molar-refractivity contribution in [1.29, 1.82) is 0 Å². The summed E-state index contributed by atoms with van der Waals surface area (Å²) in [6.07, 6.45) is 0. The van der Waals surface area contributed by atoms with Crippen LogP contribution >= 0.6 is 0 Å². The van der Waals surface area contributed by atoms with Gasteiger partial charge in [0.1, 0.15) is 0 Å². The van der Waals surface area contributed by atoms with E-state index in [1.54, 1.807) is 0 Å². The Labute approximate surface area is 179 Å². The fourth-order valence-corrected chi connectivity index (χ4v) is 6.05. The maximum atomic E-state index is 13.2. The van der Waals surface area contributed by atoms with Crippen molar-refractivity contribution in [3.63, 3.8) is 0 Å². The molecule has 1 atom stereocenters. The second-order valence-corrected chi connectivity index (χ2v) is 8.64. The summed E-state index contributed by atoms with van der Waals surface area (Å²) in [5.74, 6) is -0.247. The van der Waals surface area contributed by atoms with Gasteiger partial charge in [-0.3, -0.25) is 0 Å². The number of ether oxygens (including phenoxy) is 1. The zero-order valence-electron chi connectivity index (χ0n) is 17.6. The number of carbonyl (C=O) groups is 1. The van der Waals surface area contributed by atoms with E-state index in [0.717, 1.165) is 55.4 Å². The van der Waals surface area contributed by atoms with Crippen LogP contribution in [0.3, 0.4) is 0 Å². The van der Waals surface area contributed by atoms with Crippen molar-refractivity contribution < 1.29 is 9.53 Å². The molecule has 3 aromatic carbocycles. The predicted molar refractivity (Wildman–Crippen MR) is 121 cm³/mol. The normalized spacial score (nSPS) is 18.6. The molecule has 0 spiro atoms. The number of aromatic nitrogens is 2. The number of hydrogen-bond donors (Lipinski definition) is 0. The van der Waals surface area contributed by atoms with E-state index in [4.69, 9.17) is 4.74 Å². The van der Waals surface area contributed by atoms with Crippen molar-refractivity contribution in [2.75, 3.05) is 0 Å². The van der Waals surface area contributed by atoms with Gasteiger partial charge < -0.3 is 13.9 Å². The Bertz CT molecular complexity index is 1620. The maximum Gasteiger partial charge on any atom is 0.340 e. The summed E-state index contributed by atoms with van der Waals surface area (Å²) >= 11 is 0. The third-order valence-corrected chi connectivity index (χ3v) is 7.35. The van der Waals surface area contributed by atoms with Gasteiger partial charge in [0.2, 0.25) is 0 Å². The maximum absolute atomic E-state index is 13.2. The second kappa shape index (κ2) is 5.27. The molecule has 3 heterocycles. The molecule has 4 nitrogen and oxygen atoms in total. The van der Waals surface area contributed by atoms with Crippen LogP contribution in [0, 0.1) is 6.92 Å². The molecule has 2 aromatic heterocycles. The van der Waals surface area contributed by atoms with Crippen molar-refractivity contribution in [3.8, 4) is 11.3 Å². The number of esters is 1. The van der Waals surface area contributed by atoms with Gasteiger partial charge in [0.15, 0.2) is 5.60 Å². The highest BCUT2D eigenvalue weighted by atomic mass is 16.6. The number of fused-ring (bicyclic) bond motifs is 6. The molecular weight excluding hydrogens is 384 g/mol. The Kier molecular flexibility index (Phi) is 2.88. The molecule has 31 heavy (non-hydrogen) atoms. The van der Waals surface area contributed by atoms with Gasteiger partial charge in [-0.25, -0.2) is 4.79 Å².